The van der Waals surface area contributed by atoms with Crippen LogP contribution in [0.25, 0.3) is 0 Å². The predicted octanol–water partition coefficient (Wildman–Crippen LogP) is 2.42. The molecule has 130 valence electrons. The Balaban J connectivity index is 1.29. The molecule has 0 aliphatic carbocycles. The SMILES string of the molecule is O=C(CN1CCN(Cc2ccccc2)CC1)c1ccc2c(c1)OCO2. The summed E-state index contributed by atoms with van der Waals surface area (Å²) in [6, 6.07) is 15.9. The third-order valence-electron chi connectivity index (χ3n) is 4.78. The molecule has 0 bridgehead atoms. The maximum Gasteiger partial charge on any atom is 0.231 e. The standard InChI is InChI=1S/C20H22N2O3/c23-18(17-6-7-19-20(12-17)25-15-24-19)14-22-10-8-21(9-11-22)13-16-4-2-1-3-5-16/h1-7,12H,8-11,13-15H2. The summed E-state index contributed by atoms with van der Waals surface area (Å²) in [4.78, 5) is 17.2. The summed E-state index contributed by atoms with van der Waals surface area (Å²) in [6.45, 7) is 5.48. The van der Waals surface area contributed by atoms with Gasteiger partial charge in [-0.15, -0.1) is 0 Å². The molecule has 0 N–H and O–H groups in total. The van der Waals surface area contributed by atoms with E-state index in [0.717, 1.165) is 32.7 Å². The quantitative estimate of drug-likeness (QED) is 0.783. The molecule has 2 aromatic carbocycles. The number of ketones is 1. The van der Waals surface area contributed by atoms with Crippen molar-refractivity contribution in [1.29, 1.82) is 0 Å². The monoisotopic (exact) mass is 338 g/mol. The lowest BCUT2D eigenvalue weighted by atomic mass is 10.1. The Hall–Kier alpha value is -2.37. The van der Waals surface area contributed by atoms with Gasteiger partial charge >= 0.3 is 0 Å². The number of piperazine rings is 1. The molecule has 4 rings (SSSR count). The third kappa shape index (κ3) is 3.83. The van der Waals surface area contributed by atoms with Crippen molar-refractivity contribution >= 4 is 5.78 Å². The van der Waals surface area contributed by atoms with Crippen LogP contribution in [-0.4, -0.2) is 55.1 Å². The van der Waals surface area contributed by atoms with Crippen LogP contribution in [0.2, 0.25) is 0 Å². The summed E-state index contributed by atoms with van der Waals surface area (Å²) >= 11 is 0. The number of carbonyl (C=O) groups is 1. The number of fused-ring (bicyclic) bond motifs is 1. The van der Waals surface area contributed by atoms with E-state index in [1.165, 1.54) is 5.56 Å². The minimum atomic E-state index is 0.134. The summed E-state index contributed by atoms with van der Waals surface area (Å²) in [5.74, 6) is 1.51. The molecule has 1 saturated heterocycles. The molecule has 2 aromatic rings. The van der Waals surface area contributed by atoms with Crippen molar-refractivity contribution in [2.24, 2.45) is 0 Å². The van der Waals surface area contributed by atoms with Gasteiger partial charge in [0.15, 0.2) is 17.3 Å². The average Bonchev–Trinajstić information content (AvgIpc) is 3.12. The molecule has 25 heavy (non-hydrogen) atoms. The van der Waals surface area contributed by atoms with Crippen LogP contribution < -0.4 is 9.47 Å². The number of hydrogen-bond donors (Lipinski definition) is 0. The molecule has 2 aliphatic heterocycles. The summed E-state index contributed by atoms with van der Waals surface area (Å²) < 4.78 is 10.6. The highest BCUT2D eigenvalue weighted by molar-refractivity contribution is 5.98. The molecular formula is C20H22N2O3. The molecule has 0 radical (unpaired) electrons. The van der Waals surface area contributed by atoms with E-state index in [4.69, 9.17) is 9.47 Å². The number of benzene rings is 2. The van der Waals surface area contributed by atoms with Gasteiger partial charge in [0.1, 0.15) is 0 Å². The van der Waals surface area contributed by atoms with Gasteiger partial charge in [0.05, 0.1) is 6.54 Å². The van der Waals surface area contributed by atoms with Gasteiger partial charge in [-0.25, -0.2) is 0 Å². The van der Waals surface area contributed by atoms with Crippen molar-refractivity contribution in [3.8, 4) is 11.5 Å². The molecule has 0 amide bonds. The third-order valence-corrected chi connectivity index (χ3v) is 4.78. The summed E-state index contributed by atoms with van der Waals surface area (Å²) in [7, 11) is 0. The summed E-state index contributed by atoms with van der Waals surface area (Å²) in [5.41, 5.74) is 2.03. The fourth-order valence-electron chi connectivity index (χ4n) is 3.31. The molecule has 2 aliphatic rings. The lowest BCUT2D eigenvalue weighted by Gasteiger charge is -2.34. The molecule has 5 heteroatoms. The molecule has 2 heterocycles. The second-order valence-electron chi connectivity index (χ2n) is 6.53. The number of hydrogen-bond acceptors (Lipinski definition) is 5. The highest BCUT2D eigenvalue weighted by Gasteiger charge is 2.21. The second-order valence-corrected chi connectivity index (χ2v) is 6.53. The molecular weight excluding hydrogens is 316 g/mol. The van der Waals surface area contributed by atoms with Crippen molar-refractivity contribution in [2.45, 2.75) is 6.54 Å². The lowest BCUT2D eigenvalue weighted by Crippen LogP contribution is -2.47. The first kappa shape index (κ1) is 16.1. The van der Waals surface area contributed by atoms with E-state index < -0.39 is 0 Å². The molecule has 0 aromatic heterocycles. The van der Waals surface area contributed by atoms with Crippen LogP contribution >= 0.6 is 0 Å². The van der Waals surface area contributed by atoms with Gasteiger partial charge in [-0.1, -0.05) is 30.3 Å². The smallest absolute Gasteiger partial charge is 0.231 e. The number of ether oxygens (including phenoxy) is 2. The maximum absolute atomic E-state index is 12.5. The highest BCUT2D eigenvalue weighted by atomic mass is 16.7. The van der Waals surface area contributed by atoms with Crippen LogP contribution in [0, 0.1) is 0 Å². The normalized spacial score (nSPS) is 17.6. The van der Waals surface area contributed by atoms with E-state index in [1.54, 1.807) is 6.07 Å². The van der Waals surface area contributed by atoms with E-state index in [-0.39, 0.29) is 12.6 Å². The molecule has 5 nitrogen and oxygen atoms in total. The first-order valence-electron chi connectivity index (χ1n) is 8.69. The number of rotatable bonds is 5. The van der Waals surface area contributed by atoms with Crippen molar-refractivity contribution in [2.75, 3.05) is 39.5 Å². The van der Waals surface area contributed by atoms with Crippen LogP contribution in [0.1, 0.15) is 15.9 Å². The Morgan fingerprint density at radius 2 is 1.60 bits per heavy atom. The van der Waals surface area contributed by atoms with Crippen molar-refractivity contribution in [3.05, 3.63) is 59.7 Å². The second kappa shape index (κ2) is 7.25. The topological polar surface area (TPSA) is 42.0 Å². The van der Waals surface area contributed by atoms with Crippen molar-refractivity contribution < 1.29 is 14.3 Å². The van der Waals surface area contributed by atoms with Gasteiger partial charge in [0, 0.05) is 38.3 Å². The largest absolute Gasteiger partial charge is 0.454 e. The minimum absolute atomic E-state index is 0.134. The van der Waals surface area contributed by atoms with Crippen LogP contribution in [0.15, 0.2) is 48.5 Å². The van der Waals surface area contributed by atoms with Crippen LogP contribution in [0.3, 0.4) is 0 Å². The number of Topliss-reactive ketones (excluding diaryl/α,β-unsaturated/α-hetero) is 1. The molecule has 1 fully saturated rings. The first-order valence-corrected chi connectivity index (χ1v) is 8.69. The van der Waals surface area contributed by atoms with Crippen LogP contribution in [0.4, 0.5) is 0 Å². The zero-order chi connectivity index (χ0) is 17.1. The summed E-state index contributed by atoms with van der Waals surface area (Å²) in [5, 5.41) is 0. The van der Waals surface area contributed by atoms with Gasteiger partial charge in [-0.3, -0.25) is 14.6 Å². The number of carbonyl (C=O) groups excluding carboxylic acids is 1. The maximum atomic E-state index is 12.5. The Bertz CT molecular complexity index is 740. The zero-order valence-corrected chi connectivity index (χ0v) is 14.2. The van der Waals surface area contributed by atoms with Gasteiger partial charge in [-0.2, -0.15) is 0 Å². The van der Waals surface area contributed by atoms with E-state index >= 15 is 0 Å². The number of nitrogens with zero attached hydrogens (tertiary/aromatic N) is 2. The fourth-order valence-corrected chi connectivity index (χ4v) is 3.31. The Morgan fingerprint density at radius 3 is 2.40 bits per heavy atom. The van der Waals surface area contributed by atoms with Crippen molar-refractivity contribution in [1.82, 2.24) is 9.80 Å². The lowest BCUT2D eigenvalue weighted by molar-refractivity contribution is 0.0843. The fraction of sp³-hybridized carbons (Fsp3) is 0.350. The Morgan fingerprint density at radius 1 is 0.880 bits per heavy atom. The Labute approximate surface area is 147 Å². The van der Waals surface area contributed by atoms with Gasteiger partial charge < -0.3 is 9.47 Å². The van der Waals surface area contributed by atoms with E-state index in [1.807, 2.05) is 18.2 Å². The molecule has 0 unspecified atom stereocenters. The van der Waals surface area contributed by atoms with Gasteiger partial charge in [0.25, 0.3) is 0 Å². The van der Waals surface area contributed by atoms with E-state index in [0.29, 0.717) is 23.6 Å². The highest BCUT2D eigenvalue weighted by Crippen LogP contribution is 2.32. The first-order chi connectivity index (χ1) is 12.3. The average molecular weight is 338 g/mol. The van der Waals surface area contributed by atoms with Gasteiger partial charge in [-0.05, 0) is 23.8 Å². The molecule has 0 atom stereocenters. The molecule has 0 saturated carbocycles. The predicted molar refractivity (Wildman–Crippen MR) is 95.1 cm³/mol. The van der Waals surface area contributed by atoms with Gasteiger partial charge in [0.2, 0.25) is 6.79 Å². The minimum Gasteiger partial charge on any atom is -0.454 e. The van der Waals surface area contributed by atoms with Crippen LogP contribution in [-0.2, 0) is 6.54 Å². The van der Waals surface area contributed by atoms with Crippen molar-refractivity contribution in [3.63, 3.8) is 0 Å². The molecule has 0 spiro atoms. The zero-order valence-electron chi connectivity index (χ0n) is 14.2. The summed E-state index contributed by atoms with van der Waals surface area (Å²) in [6.07, 6.45) is 0. The van der Waals surface area contributed by atoms with Crippen LogP contribution in [0.5, 0.6) is 11.5 Å². The van der Waals surface area contributed by atoms with E-state index in [9.17, 15) is 4.79 Å². The van der Waals surface area contributed by atoms with E-state index in [2.05, 4.69) is 34.1 Å². The Kier molecular flexibility index (Phi) is 4.68.